The first kappa shape index (κ1) is 29.0. The fourth-order valence-electron chi connectivity index (χ4n) is 5.49. The predicted molar refractivity (Wildman–Crippen MR) is 144 cm³/mol. The highest BCUT2D eigenvalue weighted by molar-refractivity contribution is 4.74. The molecule has 6 nitrogen and oxygen atoms in total. The summed E-state index contributed by atoms with van der Waals surface area (Å²) < 4.78 is 0. The summed E-state index contributed by atoms with van der Waals surface area (Å²) in [7, 11) is 0. The number of hydrogen-bond donors (Lipinski definition) is 0. The van der Waals surface area contributed by atoms with Gasteiger partial charge in [0, 0.05) is 78.5 Å². The van der Waals surface area contributed by atoms with Crippen molar-refractivity contribution in [2.45, 2.75) is 59.8 Å². The molecule has 0 atom stereocenters. The Labute approximate surface area is 207 Å². The molecule has 0 aromatic rings. The van der Waals surface area contributed by atoms with Gasteiger partial charge in [0.05, 0.1) is 0 Å². The summed E-state index contributed by atoms with van der Waals surface area (Å²) in [5.41, 5.74) is 0. The van der Waals surface area contributed by atoms with Gasteiger partial charge in [0.2, 0.25) is 0 Å². The van der Waals surface area contributed by atoms with Crippen LogP contribution < -0.4 is 0 Å². The van der Waals surface area contributed by atoms with E-state index in [-0.39, 0.29) is 0 Å². The maximum absolute atomic E-state index is 2.76. The van der Waals surface area contributed by atoms with Crippen molar-refractivity contribution in [2.24, 2.45) is 0 Å². The molecule has 2 fully saturated rings. The third kappa shape index (κ3) is 12.3. The first-order valence-corrected chi connectivity index (χ1v) is 14.5. The van der Waals surface area contributed by atoms with Crippen LogP contribution in [0.3, 0.4) is 0 Å². The van der Waals surface area contributed by atoms with Crippen LogP contribution >= 0.6 is 0 Å². The first-order chi connectivity index (χ1) is 16.2. The molecule has 0 saturated carbocycles. The molecule has 2 aliphatic rings. The fourth-order valence-corrected chi connectivity index (χ4v) is 5.49. The average molecular weight is 467 g/mol. The molecule has 0 radical (unpaired) electrons. The van der Waals surface area contributed by atoms with Crippen LogP contribution in [0.2, 0.25) is 0 Å². The van der Waals surface area contributed by atoms with E-state index in [1.165, 1.54) is 150 Å². The summed E-state index contributed by atoms with van der Waals surface area (Å²) in [5.74, 6) is 0. The van der Waals surface area contributed by atoms with Gasteiger partial charge in [-0.1, -0.05) is 27.7 Å². The highest BCUT2D eigenvalue weighted by atomic mass is 15.3. The van der Waals surface area contributed by atoms with Gasteiger partial charge in [-0.3, -0.25) is 0 Å². The quantitative estimate of drug-likeness (QED) is 0.437. The van der Waals surface area contributed by atoms with E-state index < -0.39 is 0 Å². The highest BCUT2D eigenvalue weighted by Crippen LogP contribution is 2.06. The third-order valence-electron chi connectivity index (χ3n) is 7.50. The van der Waals surface area contributed by atoms with Crippen molar-refractivity contribution in [1.82, 2.24) is 29.4 Å². The predicted octanol–water partition coefficient (Wildman–Crippen LogP) is 2.86. The molecule has 0 N–H and O–H groups in total. The molecule has 0 spiro atoms. The average Bonchev–Trinajstić information content (AvgIpc) is 2.96. The van der Waals surface area contributed by atoms with E-state index in [0.717, 1.165) is 0 Å². The Morgan fingerprint density at radius 2 is 0.485 bits per heavy atom. The van der Waals surface area contributed by atoms with Crippen molar-refractivity contribution in [3.05, 3.63) is 0 Å². The first-order valence-electron chi connectivity index (χ1n) is 14.5. The summed E-state index contributed by atoms with van der Waals surface area (Å²) >= 11 is 0. The van der Waals surface area contributed by atoms with Crippen LogP contribution in [0.1, 0.15) is 59.8 Å². The summed E-state index contributed by atoms with van der Waals surface area (Å²) in [6.07, 6.45) is 6.39. The van der Waals surface area contributed by atoms with E-state index in [1.54, 1.807) is 0 Å². The molecule has 2 saturated heterocycles. The lowest BCUT2D eigenvalue weighted by Crippen LogP contribution is -2.40. The normalized spacial score (nSPS) is 22.9. The van der Waals surface area contributed by atoms with E-state index in [0.29, 0.717) is 0 Å². The largest absolute Gasteiger partial charge is 0.301 e. The maximum atomic E-state index is 2.76. The Balaban J connectivity index is 1.84. The zero-order valence-corrected chi connectivity index (χ0v) is 22.9. The minimum absolute atomic E-state index is 1.24. The lowest BCUT2D eigenvalue weighted by atomic mass is 10.3. The van der Waals surface area contributed by atoms with Gasteiger partial charge < -0.3 is 29.4 Å². The summed E-state index contributed by atoms with van der Waals surface area (Å²) in [6.45, 7) is 31.8. The van der Waals surface area contributed by atoms with Gasteiger partial charge in [-0.05, 0) is 71.4 Å². The molecule has 0 aromatic carbocycles. The molecule has 6 heteroatoms. The molecular weight excluding hydrogens is 408 g/mol. The van der Waals surface area contributed by atoms with Crippen molar-refractivity contribution in [2.75, 3.05) is 118 Å². The lowest BCUT2D eigenvalue weighted by Gasteiger charge is -2.28. The fraction of sp³-hybridized carbons (Fsp3) is 1.00. The third-order valence-corrected chi connectivity index (χ3v) is 7.50. The maximum Gasteiger partial charge on any atom is 0.0110 e. The zero-order chi connectivity index (χ0) is 23.7. The molecule has 0 bridgehead atoms. The van der Waals surface area contributed by atoms with Gasteiger partial charge >= 0.3 is 0 Å². The second kappa shape index (κ2) is 18.1. The van der Waals surface area contributed by atoms with Crippen LogP contribution in [-0.4, -0.2) is 147 Å². The van der Waals surface area contributed by atoms with Gasteiger partial charge in [0.25, 0.3) is 0 Å². The minimum atomic E-state index is 1.24. The van der Waals surface area contributed by atoms with Crippen molar-refractivity contribution in [1.29, 1.82) is 0 Å². The molecule has 2 rings (SSSR count). The van der Waals surface area contributed by atoms with Gasteiger partial charge in [0.15, 0.2) is 0 Å². The molecule has 196 valence electrons. The second-order valence-electron chi connectivity index (χ2n) is 10.4. The molecule has 0 unspecified atom stereocenters. The molecule has 0 aliphatic carbocycles. The van der Waals surface area contributed by atoms with Gasteiger partial charge in [-0.25, -0.2) is 0 Å². The van der Waals surface area contributed by atoms with E-state index in [2.05, 4.69) is 57.1 Å². The van der Waals surface area contributed by atoms with E-state index in [1.807, 2.05) is 0 Å². The monoisotopic (exact) mass is 466 g/mol. The number of nitrogens with zero attached hydrogens (tertiary/aromatic N) is 6. The molecule has 0 aromatic heterocycles. The smallest absolute Gasteiger partial charge is 0.0110 e. The van der Waals surface area contributed by atoms with Gasteiger partial charge in [-0.2, -0.15) is 0 Å². The molecule has 33 heavy (non-hydrogen) atoms. The summed E-state index contributed by atoms with van der Waals surface area (Å²) in [5, 5.41) is 0. The highest BCUT2D eigenvalue weighted by Gasteiger charge is 2.18. The Morgan fingerprint density at radius 3 is 0.667 bits per heavy atom. The zero-order valence-electron chi connectivity index (χ0n) is 22.9. The summed E-state index contributed by atoms with van der Waals surface area (Å²) in [4.78, 5) is 16.3. The molecule has 2 heterocycles. The Hall–Kier alpha value is -0.240. The van der Waals surface area contributed by atoms with E-state index in [9.17, 15) is 0 Å². The topological polar surface area (TPSA) is 19.4 Å². The van der Waals surface area contributed by atoms with Crippen LogP contribution in [0.4, 0.5) is 0 Å². The molecular formula is C27H58N6. The van der Waals surface area contributed by atoms with Crippen molar-refractivity contribution >= 4 is 0 Å². The van der Waals surface area contributed by atoms with Crippen molar-refractivity contribution in [3.63, 3.8) is 0 Å². The number of hydrogen-bond acceptors (Lipinski definition) is 6. The minimum Gasteiger partial charge on any atom is -0.301 e. The Bertz CT molecular complexity index is 386. The number of rotatable bonds is 12. The van der Waals surface area contributed by atoms with Crippen LogP contribution in [-0.2, 0) is 0 Å². The van der Waals surface area contributed by atoms with Crippen molar-refractivity contribution in [3.8, 4) is 0 Å². The van der Waals surface area contributed by atoms with Crippen molar-refractivity contribution < 1.29 is 0 Å². The van der Waals surface area contributed by atoms with Crippen LogP contribution in [0.15, 0.2) is 0 Å². The lowest BCUT2D eigenvalue weighted by molar-refractivity contribution is 0.186. The van der Waals surface area contributed by atoms with Crippen LogP contribution in [0.5, 0.6) is 0 Å². The van der Waals surface area contributed by atoms with E-state index in [4.69, 9.17) is 0 Å². The van der Waals surface area contributed by atoms with Gasteiger partial charge in [0.1, 0.15) is 0 Å². The second-order valence-corrected chi connectivity index (χ2v) is 10.4. The standard InChI is InChI=1S/C27H58N6/c1-5-10-28-16-17-29(11-6-2)21-25-32(24-20-28)14-9-15-33-26-22-30(12-7-3)18-19-31(13-8-4)23-27-33/h5-27H2,1-4H3. The SMILES string of the molecule is CCCN1CCN(CCC)CCN(CCCN2CCN(CCC)CCN(CCC)CC2)CC1. The Kier molecular flexibility index (Phi) is 15.9. The summed E-state index contributed by atoms with van der Waals surface area (Å²) in [6, 6.07) is 0. The van der Waals surface area contributed by atoms with E-state index >= 15 is 0 Å². The molecule has 0 amide bonds. The van der Waals surface area contributed by atoms with Gasteiger partial charge in [-0.15, -0.1) is 0 Å². The Morgan fingerprint density at radius 1 is 0.303 bits per heavy atom. The van der Waals surface area contributed by atoms with Crippen LogP contribution in [0, 0.1) is 0 Å². The van der Waals surface area contributed by atoms with Crippen LogP contribution in [0.25, 0.3) is 0 Å². The molecule has 2 aliphatic heterocycles.